The molecule has 0 spiro atoms. The summed E-state index contributed by atoms with van der Waals surface area (Å²) < 4.78 is 2.87. The van der Waals surface area contributed by atoms with Crippen LogP contribution in [0.15, 0.2) is 0 Å². The molecular formula is C4H10N2OS2. The van der Waals surface area contributed by atoms with Crippen molar-refractivity contribution in [3.8, 4) is 0 Å². The molecule has 1 amide bonds. The highest BCUT2D eigenvalue weighted by Crippen LogP contribution is 2.16. The van der Waals surface area contributed by atoms with Gasteiger partial charge >= 0.3 is 0 Å². The fourth-order valence-corrected chi connectivity index (χ4v) is 1.58. The molecule has 5 heteroatoms. The lowest BCUT2D eigenvalue weighted by Crippen LogP contribution is -2.10. The topological polar surface area (TPSA) is 55.1 Å². The Morgan fingerprint density at radius 3 is 2.89 bits per heavy atom. The highest BCUT2D eigenvalue weighted by molar-refractivity contribution is 8.76. The van der Waals surface area contributed by atoms with Crippen LogP contribution in [-0.4, -0.2) is 18.7 Å². The van der Waals surface area contributed by atoms with E-state index < -0.39 is 0 Å². The molecule has 0 unspecified atom stereocenters. The molecule has 0 atom stereocenters. The van der Waals surface area contributed by atoms with Gasteiger partial charge in [0.2, 0.25) is 5.91 Å². The van der Waals surface area contributed by atoms with Gasteiger partial charge in [-0.1, -0.05) is 10.8 Å². The largest absolute Gasteiger partial charge is 0.370 e. The van der Waals surface area contributed by atoms with Gasteiger partial charge in [-0.15, -0.1) is 0 Å². The fraction of sp³-hybridized carbons (Fsp3) is 0.750. The summed E-state index contributed by atoms with van der Waals surface area (Å²) in [6.45, 7) is 0. The zero-order valence-electron chi connectivity index (χ0n) is 5.22. The molecule has 0 aromatic heterocycles. The molecule has 0 saturated carbocycles. The van der Waals surface area contributed by atoms with Gasteiger partial charge in [0.1, 0.15) is 0 Å². The monoisotopic (exact) mass is 166 g/mol. The Labute approximate surface area is 62.7 Å². The maximum absolute atomic E-state index is 10.1. The summed E-state index contributed by atoms with van der Waals surface area (Å²) in [4.78, 5) is 10.1. The summed E-state index contributed by atoms with van der Waals surface area (Å²) in [6.07, 6.45) is 0.458. The van der Waals surface area contributed by atoms with E-state index in [4.69, 9.17) is 5.73 Å². The number of carbonyl (C=O) groups is 1. The second-order valence-corrected chi connectivity index (χ2v) is 3.75. The number of primary amides is 1. The first-order valence-corrected chi connectivity index (χ1v) is 4.82. The molecule has 3 nitrogen and oxygen atoms in total. The van der Waals surface area contributed by atoms with Gasteiger partial charge < -0.3 is 5.73 Å². The molecule has 9 heavy (non-hydrogen) atoms. The standard InChI is InChI=1S/C4H10N2OS2/c1-6-9-8-3-2-4(5)7/h6H,2-3H2,1H3,(H2,5,7). The van der Waals surface area contributed by atoms with E-state index in [0.29, 0.717) is 6.42 Å². The van der Waals surface area contributed by atoms with Crippen molar-refractivity contribution in [3.63, 3.8) is 0 Å². The maximum atomic E-state index is 10.1. The van der Waals surface area contributed by atoms with E-state index >= 15 is 0 Å². The number of hydrogen-bond donors (Lipinski definition) is 2. The average Bonchev–Trinajstić information content (AvgIpc) is 1.80. The number of nitrogens with one attached hydrogen (secondary N) is 1. The SMILES string of the molecule is CNSSCCC(N)=O. The number of hydrogen-bond acceptors (Lipinski definition) is 4. The Morgan fingerprint density at radius 1 is 1.78 bits per heavy atom. The van der Waals surface area contributed by atoms with Gasteiger partial charge in [0.15, 0.2) is 0 Å². The van der Waals surface area contributed by atoms with E-state index in [-0.39, 0.29) is 5.91 Å². The van der Waals surface area contributed by atoms with E-state index in [1.807, 2.05) is 7.05 Å². The summed E-state index contributed by atoms with van der Waals surface area (Å²) >= 11 is 0. The summed E-state index contributed by atoms with van der Waals surface area (Å²) in [7, 11) is 4.93. The van der Waals surface area contributed by atoms with Gasteiger partial charge in [-0.25, -0.2) is 0 Å². The van der Waals surface area contributed by atoms with Crippen LogP contribution in [-0.2, 0) is 4.79 Å². The van der Waals surface area contributed by atoms with Gasteiger partial charge in [0.25, 0.3) is 0 Å². The molecular weight excluding hydrogens is 156 g/mol. The Kier molecular flexibility index (Phi) is 6.34. The first-order valence-electron chi connectivity index (χ1n) is 2.51. The zero-order chi connectivity index (χ0) is 7.11. The molecule has 0 heterocycles. The number of carbonyl (C=O) groups excluding carboxylic acids is 1. The number of rotatable bonds is 5. The van der Waals surface area contributed by atoms with Crippen LogP contribution in [0, 0.1) is 0 Å². The summed E-state index contributed by atoms with van der Waals surface area (Å²) in [6, 6.07) is 0. The van der Waals surface area contributed by atoms with Crippen molar-refractivity contribution in [2.24, 2.45) is 5.73 Å². The van der Waals surface area contributed by atoms with E-state index in [0.717, 1.165) is 5.75 Å². The fourth-order valence-electron chi connectivity index (χ4n) is 0.243. The highest BCUT2D eigenvalue weighted by Gasteiger charge is 1.92. The molecule has 0 rings (SSSR count). The Balaban J connectivity index is 2.83. The van der Waals surface area contributed by atoms with Crippen molar-refractivity contribution in [1.82, 2.24) is 4.72 Å². The van der Waals surface area contributed by atoms with E-state index in [1.165, 1.54) is 11.0 Å². The van der Waals surface area contributed by atoms with Gasteiger partial charge in [0.05, 0.1) is 0 Å². The second kappa shape index (κ2) is 6.25. The minimum absolute atomic E-state index is 0.237. The predicted octanol–water partition coefficient (Wildman–Crippen LogP) is 0.378. The van der Waals surface area contributed by atoms with Gasteiger partial charge in [-0.3, -0.25) is 9.52 Å². The van der Waals surface area contributed by atoms with Crippen LogP contribution in [0.1, 0.15) is 6.42 Å². The van der Waals surface area contributed by atoms with Crippen molar-refractivity contribution in [1.29, 1.82) is 0 Å². The normalized spacial score (nSPS) is 9.44. The smallest absolute Gasteiger partial charge is 0.218 e. The molecule has 0 aromatic rings. The van der Waals surface area contributed by atoms with Crippen LogP contribution in [0.25, 0.3) is 0 Å². The predicted molar refractivity (Wildman–Crippen MR) is 42.9 cm³/mol. The summed E-state index contributed by atoms with van der Waals surface area (Å²) in [5.41, 5.74) is 4.89. The molecule has 0 radical (unpaired) electrons. The first kappa shape index (κ1) is 9.13. The van der Waals surface area contributed by atoms with E-state index in [2.05, 4.69) is 4.72 Å². The molecule has 0 aliphatic rings. The van der Waals surface area contributed by atoms with Crippen LogP contribution in [0.4, 0.5) is 0 Å². The minimum atomic E-state index is -0.237. The van der Waals surface area contributed by atoms with Crippen molar-refractivity contribution < 1.29 is 4.79 Å². The van der Waals surface area contributed by atoms with Crippen LogP contribution >= 0.6 is 21.8 Å². The zero-order valence-corrected chi connectivity index (χ0v) is 6.85. The summed E-state index contributed by atoms with van der Waals surface area (Å²) in [5.74, 6) is 0.542. The van der Waals surface area contributed by atoms with Crippen LogP contribution in [0.3, 0.4) is 0 Å². The molecule has 3 N–H and O–H groups in total. The van der Waals surface area contributed by atoms with Crippen LogP contribution < -0.4 is 10.5 Å². The lowest BCUT2D eigenvalue weighted by molar-refractivity contribution is -0.117. The van der Waals surface area contributed by atoms with E-state index in [9.17, 15) is 4.79 Å². The molecule has 0 fully saturated rings. The van der Waals surface area contributed by atoms with Crippen LogP contribution in [0.5, 0.6) is 0 Å². The highest BCUT2D eigenvalue weighted by atomic mass is 33.1. The summed E-state index contributed by atoms with van der Waals surface area (Å²) in [5, 5.41) is 0. The number of nitrogens with two attached hydrogens (primary N) is 1. The van der Waals surface area contributed by atoms with Crippen molar-refractivity contribution in [2.75, 3.05) is 12.8 Å². The van der Waals surface area contributed by atoms with Gasteiger partial charge in [0, 0.05) is 12.2 Å². The van der Waals surface area contributed by atoms with E-state index in [1.54, 1.807) is 10.8 Å². The lowest BCUT2D eigenvalue weighted by atomic mass is 10.5. The third-order valence-electron chi connectivity index (χ3n) is 0.574. The molecule has 0 aliphatic heterocycles. The Morgan fingerprint density at radius 2 is 2.44 bits per heavy atom. The lowest BCUT2D eigenvalue weighted by Gasteiger charge is -1.94. The van der Waals surface area contributed by atoms with Crippen LogP contribution in [0.2, 0.25) is 0 Å². The van der Waals surface area contributed by atoms with Crippen molar-refractivity contribution in [3.05, 3.63) is 0 Å². The average molecular weight is 166 g/mol. The van der Waals surface area contributed by atoms with Crippen molar-refractivity contribution >= 4 is 27.7 Å². The Hall–Kier alpha value is 0.130. The Bertz CT molecular complexity index is 88.6. The minimum Gasteiger partial charge on any atom is -0.370 e. The van der Waals surface area contributed by atoms with Gasteiger partial charge in [-0.2, -0.15) is 0 Å². The second-order valence-electron chi connectivity index (χ2n) is 1.33. The molecule has 0 saturated heterocycles. The molecule has 0 bridgehead atoms. The van der Waals surface area contributed by atoms with Gasteiger partial charge in [-0.05, 0) is 18.0 Å². The van der Waals surface area contributed by atoms with Crippen molar-refractivity contribution in [2.45, 2.75) is 6.42 Å². The third kappa shape index (κ3) is 8.13. The first-order chi connectivity index (χ1) is 4.27. The quantitative estimate of drug-likeness (QED) is 0.352. The number of amides is 1. The molecule has 0 aliphatic carbocycles. The molecule has 54 valence electrons. The third-order valence-corrected chi connectivity index (χ3v) is 2.58. The maximum Gasteiger partial charge on any atom is 0.218 e. The molecule has 0 aromatic carbocycles.